The number of aryl methyl sites for hydroxylation is 1. The molecule has 1 aromatic carbocycles. The third-order valence-corrected chi connectivity index (χ3v) is 3.95. The highest BCUT2D eigenvalue weighted by Gasteiger charge is 2.15. The number of anilines is 1. The topological polar surface area (TPSA) is 20.3 Å². The molecule has 19 heavy (non-hydrogen) atoms. The molecule has 0 fully saturated rings. The van der Waals surface area contributed by atoms with E-state index in [1.54, 1.807) is 11.3 Å². The first-order valence-corrected chi connectivity index (χ1v) is 7.72. The van der Waals surface area contributed by atoms with E-state index in [9.17, 15) is 4.79 Å². The average molecular weight is 291 g/mol. The van der Waals surface area contributed by atoms with Gasteiger partial charge in [0.05, 0.1) is 6.54 Å². The highest BCUT2D eigenvalue weighted by atomic mass is 32.1. The molecule has 0 atom stereocenters. The maximum atomic E-state index is 12.2. The minimum absolute atomic E-state index is 0.118. The summed E-state index contributed by atoms with van der Waals surface area (Å²) < 4.78 is 0. The van der Waals surface area contributed by atoms with E-state index in [2.05, 4.69) is 18.7 Å². The number of thiophene rings is 1. The molecule has 0 aliphatic rings. The molecular weight excluding hydrogens is 274 g/mol. The van der Waals surface area contributed by atoms with Crippen molar-refractivity contribution in [3.05, 3.63) is 52.2 Å². The first kappa shape index (κ1) is 14.2. The van der Waals surface area contributed by atoms with Crippen LogP contribution in [0.2, 0.25) is 0 Å². The third-order valence-electron chi connectivity index (χ3n) is 2.87. The molecule has 0 saturated heterocycles. The summed E-state index contributed by atoms with van der Waals surface area (Å²) in [5.74, 6) is 0.693. The van der Waals surface area contributed by atoms with E-state index in [1.807, 2.05) is 47.5 Å². The second kappa shape index (κ2) is 6.78. The summed E-state index contributed by atoms with van der Waals surface area (Å²) in [4.78, 5) is 15.3. The van der Waals surface area contributed by atoms with Crippen molar-refractivity contribution in [3.8, 4) is 0 Å². The normalized spacial score (nSPS) is 10.4. The lowest BCUT2D eigenvalue weighted by atomic mass is 10.2. The van der Waals surface area contributed by atoms with E-state index in [4.69, 9.17) is 0 Å². The quantitative estimate of drug-likeness (QED) is 0.828. The summed E-state index contributed by atoms with van der Waals surface area (Å²) in [7, 11) is 0. The molecule has 0 aliphatic heterocycles. The van der Waals surface area contributed by atoms with E-state index < -0.39 is 0 Å². The van der Waals surface area contributed by atoms with Gasteiger partial charge in [-0.1, -0.05) is 23.8 Å². The van der Waals surface area contributed by atoms with Crippen LogP contribution in [0, 0.1) is 6.92 Å². The molecule has 0 spiro atoms. The van der Waals surface area contributed by atoms with Crippen molar-refractivity contribution in [2.75, 3.05) is 10.7 Å². The molecule has 1 heterocycles. The number of benzene rings is 1. The Morgan fingerprint density at radius 3 is 2.58 bits per heavy atom. The number of carbonyl (C=O) groups is 1. The molecule has 2 aromatic rings. The zero-order chi connectivity index (χ0) is 13.7. The van der Waals surface area contributed by atoms with Gasteiger partial charge in [0, 0.05) is 17.0 Å². The van der Waals surface area contributed by atoms with Gasteiger partial charge in [-0.3, -0.25) is 4.79 Å². The van der Waals surface area contributed by atoms with E-state index in [0.29, 0.717) is 18.7 Å². The second-order valence-corrected chi connectivity index (χ2v) is 5.85. The monoisotopic (exact) mass is 291 g/mol. The van der Waals surface area contributed by atoms with Crippen molar-refractivity contribution in [2.45, 2.75) is 19.9 Å². The van der Waals surface area contributed by atoms with E-state index in [0.717, 1.165) is 5.69 Å². The minimum atomic E-state index is 0.118. The van der Waals surface area contributed by atoms with Gasteiger partial charge in [0.15, 0.2) is 0 Å². The van der Waals surface area contributed by atoms with Gasteiger partial charge < -0.3 is 4.90 Å². The van der Waals surface area contributed by atoms with Crippen molar-refractivity contribution >= 4 is 35.6 Å². The number of amides is 1. The molecular formula is C15H17NOS2. The highest BCUT2D eigenvalue weighted by molar-refractivity contribution is 7.80. The number of hydrogen-bond acceptors (Lipinski definition) is 3. The molecule has 1 amide bonds. The van der Waals surface area contributed by atoms with Crippen molar-refractivity contribution in [1.29, 1.82) is 0 Å². The summed E-state index contributed by atoms with van der Waals surface area (Å²) >= 11 is 5.82. The predicted octanol–water partition coefficient (Wildman–Crippen LogP) is 3.91. The van der Waals surface area contributed by atoms with Crippen LogP contribution in [0.3, 0.4) is 0 Å². The largest absolute Gasteiger partial charge is 0.307 e. The van der Waals surface area contributed by atoms with E-state index in [-0.39, 0.29) is 5.91 Å². The van der Waals surface area contributed by atoms with Gasteiger partial charge in [-0.15, -0.1) is 11.3 Å². The number of nitrogens with zero attached hydrogens (tertiary/aromatic N) is 1. The Morgan fingerprint density at radius 2 is 2.00 bits per heavy atom. The zero-order valence-electron chi connectivity index (χ0n) is 10.9. The van der Waals surface area contributed by atoms with Gasteiger partial charge in [-0.2, -0.15) is 12.6 Å². The fourth-order valence-electron chi connectivity index (χ4n) is 1.84. The summed E-state index contributed by atoms with van der Waals surface area (Å²) in [6, 6.07) is 12.1. The molecule has 1 aromatic heterocycles. The zero-order valence-corrected chi connectivity index (χ0v) is 12.6. The van der Waals surface area contributed by atoms with Crippen LogP contribution < -0.4 is 4.90 Å². The lowest BCUT2D eigenvalue weighted by Gasteiger charge is -2.22. The SMILES string of the molecule is Cc1ccc(N(Cc2cccs2)C(=O)CCS)cc1. The second-order valence-electron chi connectivity index (χ2n) is 4.37. The fourth-order valence-corrected chi connectivity index (χ4v) is 2.72. The Labute approximate surface area is 123 Å². The molecule has 0 N–H and O–H groups in total. The van der Waals surface area contributed by atoms with Crippen LogP contribution in [0.15, 0.2) is 41.8 Å². The number of rotatable bonds is 5. The molecule has 2 nitrogen and oxygen atoms in total. The lowest BCUT2D eigenvalue weighted by molar-refractivity contribution is -0.118. The third kappa shape index (κ3) is 3.85. The molecule has 4 heteroatoms. The molecule has 0 saturated carbocycles. The van der Waals surface area contributed by atoms with Gasteiger partial charge in [0.2, 0.25) is 5.91 Å². The Balaban J connectivity index is 2.23. The summed E-state index contributed by atoms with van der Waals surface area (Å²) in [5.41, 5.74) is 2.15. The van der Waals surface area contributed by atoms with Gasteiger partial charge in [-0.25, -0.2) is 0 Å². The van der Waals surface area contributed by atoms with Crippen LogP contribution in [0.5, 0.6) is 0 Å². The van der Waals surface area contributed by atoms with Crippen molar-refractivity contribution in [1.82, 2.24) is 0 Å². The number of thiol groups is 1. The molecule has 0 bridgehead atoms. The molecule has 0 aliphatic carbocycles. The number of hydrogen-bond donors (Lipinski definition) is 1. The molecule has 0 unspecified atom stereocenters. The van der Waals surface area contributed by atoms with Gasteiger partial charge in [-0.05, 0) is 36.3 Å². The average Bonchev–Trinajstić information content (AvgIpc) is 2.90. The minimum Gasteiger partial charge on any atom is -0.307 e. The van der Waals surface area contributed by atoms with Crippen LogP contribution in [-0.4, -0.2) is 11.7 Å². The van der Waals surface area contributed by atoms with Crippen LogP contribution in [0.4, 0.5) is 5.69 Å². The predicted molar refractivity (Wildman–Crippen MR) is 85.2 cm³/mol. The first-order valence-electron chi connectivity index (χ1n) is 6.21. The van der Waals surface area contributed by atoms with Crippen LogP contribution in [0.25, 0.3) is 0 Å². The van der Waals surface area contributed by atoms with Crippen LogP contribution >= 0.6 is 24.0 Å². The number of carbonyl (C=O) groups excluding carboxylic acids is 1. The summed E-state index contributed by atoms with van der Waals surface area (Å²) in [5, 5.41) is 2.03. The molecule has 100 valence electrons. The molecule has 2 rings (SSSR count). The summed E-state index contributed by atoms with van der Waals surface area (Å²) in [6.07, 6.45) is 0.461. The Kier molecular flexibility index (Phi) is 5.05. The van der Waals surface area contributed by atoms with E-state index in [1.165, 1.54) is 10.4 Å². The van der Waals surface area contributed by atoms with Crippen molar-refractivity contribution < 1.29 is 4.79 Å². The lowest BCUT2D eigenvalue weighted by Crippen LogP contribution is -2.30. The Morgan fingerprint density at radius 1 is 1.26 bits per heavy atom. The highest BCUT2D eigenvalue weighted by Crippen LogP contribution is 2.21. The van der Waals surface area contributed by atoms with Gasteiger partial charge >= 0.3 is 0 Å². The van der Waals surface area contributed by atoms with E-state index >= 15 is 0 Å². The molecule has 0 radical (unpaired) electrons. The fraction of sp³-hybridized carbons (Fsp3) is 0.267. The van der Waals surface area contributed by atoms with Gasteiger partial charge in [0.25, 0.3) is 0 Å². The van der Waals surface area contributed by atoms with Gasteiger partial charge in [0.1, 0.15) is 0 Å². The van der Waals surface area contributed by atoms with Crippen LogP contribution in [-0.2, 0) is 11.3 Å². The maximum Gasteiger partial charge on any atom is 0.228 e. The maximum absolute atomic E-state index is 12.2. The smallest absolute Gasteiger partial charge is 0.228 e. The van der Waals surface area contributed by atoms with Crippen molar-refractivity contribution in [3.63, 3.8) is 0 Å². The standard InChI is InChI=1S/C15H17NOS2/c1-12-4-6-13(7-5-12)16(15(17)8-9-18)11-14-3-2-10-19-14/h2-7,10,18H,8-9,11H2,1H3. The first-order chi connectivity index (χ1) is 9.20. The summed E-state index contributed by atoms with van der Waals surface area (Å²) in [6.45, 7) is 2.68. The van der Waals surface area contributed by atoms with Crippen LogP contribution in [0.1, 0.15) is 16.9 Å². The Bertz CT molecular complexity index is 520. The Hall–Kier alpha value is -1.26. The van der Waals surface area contributed by atoms with Crippen molar-refractivity contribution in [2.24, 2.45) is 0 Å².